The van der Waals surface area contributed by atoms with E-state index in [1.807, 2.05) is 23.1 Å². The van der Waals surface area contributed by atoms with Crippen LogP contribution in [0.2, 0.25) is 0 Å². The van der Waals surface area contributed by atoms with Gasteiger partial charge in [-0.3, -0.25) is 9.59 Å². The van der Waals surface area contributed by atoms with Gasteiger partial charge in [-0.1, -0.05) is 18.2 Å². The van der Waals surface area contributed by atoms with E-state index in [2.05, 4.69) is 28.1 Å². The lowest BCUT2D eigenvalue weighted by Crippen LogP contribution is -2.48. The lowest BCUT2D eigenvalue weighted by molar-refractivity contribution is -0.119. The molecule has 3 heterocycles. The maximum absolute atomic E-state index is 13.1. The van der Waals surface area contributed by atoms with Crippen LogP contribution in [0.5, 0.6) is 0 Å². The number of amides is 2. The summed E-state index contributed by atoms with van der Waals surface area (Å²) < 4.78 is 0. The van der Waals surface area contributed by atoms with E-state index in [0.29, 0.717) is 31.7 Å². The molecule has 6 nitrogen and oxygen atoms in total. The number of anilines is 2. The third-order valence-corrected chi connectivity index (χ3v) is 5.13. The van der Waals surface area contributed by atoms with Crippen molar-refractivity contribution in [3.8, 4) is 0 Å². The number of piperazine rings is 1. The topological polar surface area (TPSA) is 56.8 Å². The van der Waals surface area contributed by atoms with Crippen molar-refractivity contribution >= 4 is 23.8 Å². The number of carbonyl (C=O) groups is 2. The fourth-order valence-corrected chi connectivity index (χ4v) is 3.73. The molecule has 0 saturated carbocycles. The zero-order valence-corrected chi connectivity index (χ0v) is 14.7. The van der Waals surface area contributed by atoms with Crippen LogP contribution >= 0.6 is 0 Å². The summed E-state index contributed by atoms with van der Waals surface area (Å²) in [6, 6.07) is 12.0. The first-order valence-corrected chi connectivity index (χ1v) is 9.07. The van der Waals surface area contributed by atoms with E-state index in [9.17, 15) is 9.59 Å². The molecule has 2 aliphatic rings. The second kappa shape index (κ2) is 7.15. The summed E-state index contributed by atoms with van der Waals surface area (Å²) in [6.45, 7) is 3.13. The summed E-state index contributed by atoms with van der Waals surface area (Å²) in [6.07, 6.45) is 4.69. The van der Waals surface area contributed by atoms with Crippen molar-refractivity contribution < 1.29 is 9.59 Å². The zero-order valence-electron chi connectivity index (χ0n) is 14.7. The highest BCUT2D eigenvalue weighted by Gasteiger charge is 2.27. The van der Waals surface area contributed by atoms with E-state index >= 15 is 0 Å². The second-order valence-corrected chi connectivity index (χ2v) is 6.69. The summed E-state index contributed by atoms with van der Waals surface area (Å²) in [5.41, 5.74) is 3.06. The van der Waals surface area contributed by atoms with Crippen LogP contribution in [0, 0.1) is 0 Å². The van der Waals surface area contributed by atoms with Gasteiger partial charge in [0.15, 0.2) is 0 Å². The number of para-hydroxylation sites is 1. The van der Waals surface area contributed by atoms with Gasteiger partial charge in [-0.05, 0) is 36.6 Å². The van der Waals surface area contributed by atoms with Gasteiger partial charge < -0.3 is 14.7 Å². The van der Waals surface area contributed by atoms with Crippen LogP contribution in [0.3, 0.4) is 0 Å². The molecular weight excluding hydrogens is 328 g/mol. The van der Waals surface area contributed by atoms with Gasteiger partial charge in [-0.25, -0.2) is 4.98 Å². The Hall–Kier alpha value is -2.89. The third-order valence-electron chi connectivity index (χ3n) is 5.13. The molecule has 6 heteroatoms. The quantitative estimate of drug-likeness (QED) is 0.796. The fourth-order valence-electron chi connectivity index (χ4n) is 3.73. The molecule has 134 valence electrons. The first-order valence-electron chi connectivity index (χ1n) is 9.07. The maximum atomic E-state index is 13.1. The number of aryl methyl sites for hydroxylation is 1. The van der Waals surface area contributed by atoms with Crippen LogP contribution in [0.4, 0.5) is 11.5 Å². The van der Waals surface area contributed by atoms with Gasteiger partial charge in [0.2, 0.25) is 6.41 Å². The molecule has 4 rings (SSSR count). The van der Waals surface area contributed by atoms with E-state index in [1.165, 1.54) is 5.56 Å². The SMILES string of the molecule is O=CN1CCN(C(=O)c2cccnc2N2CCCc3ccccc32)CC1. The van der Waals surface area contributed by atoms with Crippen molar-refractivity contribution in [3.63, 3.8) is 0 Å². The molecule has 1 saturated heterocycles. The van der Waals surface area contributed by atoms with Crippen LogP contribution in [0.1, 0.15) is 22.3 Å². The zero-order chi connectivity index (χ0) is 17.9. The lowest BCUT2D eigenvalue weighted by Gasteiger charge is -2.35. The van der Waals surface area contributed by atoms with E-state index in [0.717, 1.165) is 37.3 Å². The number of pyridine rings is 1. The molecule has 0 bridgehead atoms. The second-order valence-electron chi connectivity index (χ2n) is 6.69. The Kier molecular flexibility index (Phi) is 4.56. The molecule has 0 spiro atoms. The highest BCUT2D eigenvalue weighted by Crippen LogP contribution is 2.34. The fraction of sp³-hybridized carbons (Fsp3) is 0.350. The van der Waals surface area contributed by atoms with Gasteiger partial charge >= 0.3 is 0 Å². The monoisotopic (exact) mass is 350 g/mol. The minimum Gasteiger partial charge on any atom is -0.342 e. The summed E-state index contributed by atoms with van der Waals surface area (Å²) in [7, 11) is 0. The summed E-state index contributed by atoms with van der Waals surface area (Å²) in [5, 5.41) is 0. The van der Waals surface area contributed by atoms with Crippen molar-refractivity contribution in [3.05, 3.63) is 53.7 Å². The van der Waals surface area contributed by atoms with Crippen LogP contribution in [-0.2, 0) is 11.2 Å². The average molecular weight is 350 g/mol. The number of benzene rings is 1. The number of nitrogens with zero attached hydrogens (tertiary/aromatic N) is 4. The van der Waals surface area contributed by atoms with Crippen molar-refractivity contribution in [1.29, 1.82) is 0 Å². The Labute approximate surface area is 153 Å². The predicted octanol–water partition coefficient (Wildman–Crippen LogP) is 2.08. The normalized spacial score (nSPS) is 17.0. The van der Waals surface area contributed by atoms with E-state index < -0.39 is 0 Å². The minimum atomic E-state index is -0.0123. The van der Waals surface area contributed by atoms with Crippen LogP contribution in [0.15, 0.2) is 42.6 Å². The summed E-state index contributed by atoms with van der Waals surface area (Å²) in [5.74, 6) is 0.712. The molecule has 0 atom stereocenters. The predicted molar refractivity (Wildman–Crippen MR) is 99.5 cm³/mol. The number of fused-ring (bicyclic) bond motifs is 1. The van der Waals surface area contributed by atoms with Gasteiger partial charge in [0.1, 0.15) is 5.82 Å². The standard InChI is InChI=1S/C20H22N4O2/c25-15-22-11-13-23(14-12-22)20(26)17-7-3-9-21-19(17)24-10-4-6-16-5-1-2-8-18(16)24/h1-3,5,7-9,15H,4,6,10-14H2. The van der Waals surface area contributed by atoms with Gasteiger partial charge in [0.25, 0.3) is 5.91 Å². The van der Waals surface area contributed by atoms with Crippen LogP contribution in [-0.4, -0.2) is 59.8 Å². The van der Waals surface area contributed by atoms with Gasteiger partial charge in [-0.2, -0.15) is 0 Å². The van der Waals surface area contributed by atoms with Gasteiger partial charge in [0, 0.05) is 44.6 Å². The molecule has 1 aromatic heterocycles. The smallest absolute Gasteiger partial charge is 0.257 e. The molecule has 2 amide bonds. The van der Waals surface area contributed by atoms with E-state index in [-0.39, 0.29) is 5.91 Å². The number of hydrogen-bond acceptors (Lipinski definition) is 4. The largest absolute Gasteiger partial charge is 0.342 e. The molecule has 1 aromatic carbocycles. The van der Waals surface area contributed by atoms with Crippen molar-refractivity contribution in [1.82, 2.24) is 14.8 Å². The number of rotatable bonds is 3. The molecule has 1 fully saturated rings. The highest BCUT2D eigenvalue weighted by molar-refractivity contribution is 6.00. The molecule has 2 aliphatic heterocycles. The van der Waals surface area contributed by atoms with Crippen LogP contribution in [0.25, 0.3) is 0 Å². The van der Waals surface area contributed by atoms with Crippen molar-refractivity contribution in [2.24, 2.45) is 0 Å². The Morgan fingerprint density at radius 1 is 1.00 bits per heavy atom. The molecule has 2 aromatic rings. The maximum Gasteiger partial charge on any atom is 0.257 e. The summed E-state index contributed by atoms with van der Waals surface area (Å²) >= 11 is 0. The Morgan fingerprint density at radius 3 is 2.62 bits per heavy atom. The van der Waals surface area contributed by atoms with E-state index in [4.69, 9.17) is 0 Å². The average Bonchev–Trinajstić information content (AvgIpc) is 2.73. The Bertz CT molecular complexity index is 815. The molecule has 0 aliphatic carbocycles. The lowest BCUT2D eigenvalue weighted by atomic mass is 10.0. The molecule has 0 N–H and O–H groups in total. The molecule has 26 heavy (non-hydrogen) atoms. The van der Waals surface area contributed by atoms with Gasteiger partial charge in [-0.15, -0.1) is 0 Å². The number of carbonyl (C=O) groups excluding carboxylic acids is 2. The third kappa shape index (κ3) is 3.03. The van der Waals surface area contributed by atoms with Gasteiger partial charge in [0.05, 0.1) is 5.56 Å². The Morgan fingerprint density at radius 2 is 1.81 bits per heavy atom. The van der Waals surface area contributed by atoms with Crippen LogP contribution < -0.4 is 4.90 Å². The molecular formula is C20H22N4O2. The van der Waals surface area contributed by atoms with Crippen molar-refractivity contribution in [2.75, 3.05) is 37.6 Å². The first kappa shape index (κ1) is 16.6. The number of aromatic nitrogens is 1. The Balaban J connectivity index is 1.64. The highest BCUT2D eigenvalue weighted by atomic mass is 16.2. The van der Waals surface area contributed by atoms with E-state index in [1.54, 1.807) is 11.1 Å². The summed E-state index contributed by atoms with van der Waals surface area (Å²) in [4.78, 5) is 34.3. The van der Waals surface area contributed by atoms with Crippen molar-refractivity contribution in [2.45, 2.75) is 12.8 Å². The molecule has 0 unspecified atom stereocenters. The first-order chi connectivity index (χ1) is 12.8. The minimum absolute atomic E-state index is 0.0123. The number of hydrogen-bond donors (Lipinski definition) is 0. The molecule has 0 radical (unpaired) electrons.